The number of hydrogen-bond donors (Lipinski definition) is 1. The van der Waals surface area contributed by atoms with Crippen molar-refractivity contribution in [3.63, 3.8) is 0 Å². The van der Waals surface area contributed by atoms with Crippen molar-refractivity contribution in [2.75, 3.05) is 0 Å². The van der Waals surface area contributed by atoms with Gasteiger partial charge < -0.3 is 5.11 Å². The predicted octanol–water partition coefficient (Wildman–Crippen LogP) is 2.56. The second-order valence-corrected chi connectivity index (χ2v) is 2.65. The largest absolute Gasteiger partial charge is 0.481 e. The number of allylic oxidation sites excluding steroid dienone is 1. The molecule has 0 aromatic heterocycles. The molecular weight excluding hydrogens is 175 g/mol. The normalized spacial score (nSPS) is 12.7. The van der Waals surface area contributed by atoms with Gasteiger partial charge in [-0.3, -0.25) is 4.79 Å². The van der Waals surface area contributed by atoms with Crippen molar-refractivity contribution in [3.8, 4) is 0 Å². The van der Waals surface area contributed by atoms with E-state index in [1.807, 2.05) is 6.92 Å². The number of carbonyl (C=O) groups is 1. The molecule has 1 N–H and O–H groups in total. The second-order valence-electron chi connectivity index (χ2n) is 1.73. The molecule has 0 aliphatic heterocycles. The molecule has 0 aromatic carbocycles. The number of carboxylic acid groups (broad SMARTS) is 1. The minimum Gasteiger partial charge on any atom is -0.481 e. The molecule has 2 nitrogen and oxygen atoms in total. The number of rotatable bonds is 3. The average Bonchev–Trinajstić information content (AvgIpc) is 1.85. The van der Waals surface area contributed by atoms with Crippen LogP contribution in [0.3, 0.4) is 0 Å². The Morgan fingerprint density at radius 3 is 2.20 bits per heavy atom. The fourth-order valence-corrected chi connectivity index (χ4v) is 0.735. The van der Waals surface area contributed by atoms with Crippen LogP contribution in [0.2, 0.25) is 0 Å². The van der Waals surface area contributed by atoms with Crippen LogP contribution in [-0.4, -0.2) is 11.1 Å². The third-order valence-corrected chi connectivity index (χ3v) is 1.87. The van der Waals surface area contributed by atoms with Crippen LogP contribution in [0.1, 0.15) is 19.8 Å². The predicted molar refractivity (Wildman–Crippen MR) is 41.3 cm³/mol. The molecule has 0 fully saturated rings. The van der Waals surface area contributed by atoms with Crippen molar-refractivity contribution in [1.29, 1.82) is 0 Å². The lowest BCUT2D eigenvalue weighted by molar-refractivity contribution is -0.136. The van der Waals surface area contributed by atoms with Crippen LogP contribution >= 0.6 is 23.2 Å². The SMILES string of the molecule is CCC(Cl)=C(Cl)CC(=O)O. The van der Waals surface area contributed by atoms with Gasteiger partial charge in [0, 0.05) is 10.1 Å². The Balaban J connectivity index is 4.04. The molecule has 0 aliphatic carbocycles. The van der Waals surface area contributed by atoms with Gasteiger partial charge in [-0.15, -0.1) is 0 Å². The topological polar surface area (TPSA) is 37.3 Å². The molecule has 0 saturated heterocycles. The summed E-state index contributed by atoms with van der Waals surface area (Å²) in [7, 11) is 0. The van der Waals surface area contributed by atoms with Crippen LogP contribution < -0.4 is 0 Å². The fraction of sp³-hybridized carbons (Fsp3) is 0.500. The Morgan fingerprint density at radius 1 is 1.40 bits per heavy atom. The van der Waals surface area contributed by atoms with Crippen LogP contribution in [0.25, 0.3) is 0 Å². The first-order valence-corrected chi connectivity index (χ1v) is 3.58. The highest BCUT2D eigenvalue weighted by Gasteiger charge is 2.04. The van der Waals surface area contributed by atoms with E-state index in [2.05, 4.69) is 0 Å². The summed E-state index contributed by atoms with van der Waals surface area (Å²) in [5.74, 6) is -0.961. The van der Waals surface area contributed by atoms with Gasteiger partial charge in [-0.05, 0) is 6.42 Å². The number of hydrogen-bond acceptors (Lipinski definition) is 1. The van der Waals surface area contributed by atoms with E-state index >= 15 is 0 Å². The summed E-state index contributed by atoms with van der Waals surface area (Å²) in [6.45, 7) is 1.81. The first-order valence-electron chi connectivity index (χ1n) is 2.82. The van der Waals surface area contributed by atoms with Gasteiger partial charge in [-0.1, -0.05) is 30.1 Å². The Kier molecular flexibility index (Phi) is 4.49. The molecule has 0 bridgehead atoms. The zero-order chi connectivity index (χ0) is 8.15. The van der Waals surface area contributed by atoms with Crippen LogP contribution in [-0.2, 0) is 4.79 Å². The first-order chi connectivity index (χ1) is 4.57. The maximum atomic E-state index is 10.1. The van der Waals surface area contributed by atoms with Crippen molar-refractivity contribution in [2.24, 2.45) is 0 Å². The minimum atomic E-state index is -0.961. The molecule has 4 heteroatoms. The van der Waals surface area contributed by atoms with Gasteiger partial charge in [-0.25, -0.2) is 0 Å². The zero-order valence-electron chi connectivity index (χ0n) is 5.53. The van der Waals surface area contributed by atoms with Crippen LogP contribution in [0, 0.1) is 0 Å². The molecule has 0 aromatic rings. The molecule has 0 radical (unpaired) electrons. The molecule has 0 aliphatic rings. The quantitative estimate of drug-likeness (QED) is 0.729. The highest BCUT2D eigenvalue weighted by Crippen LogP contribution is 2.19. The summed E-state index contributed by atoms with van der Waals surface area (Å²) >= 11 is 11.0. The molecule has 0 heterocycles. The highest BCUT2D eigenvalue weighted by atomic mass is 35.5. The van der Waals surface area contributed by atoms with Gasteiger partial charge in [0.05, 0.1) is 6.42 Å². The summed E-state index contributed by atoms with van der Waals surface area (Å²) in [6.07, 6.45) is 0.391. The molecule has 0 atom stereocenters. The van der Waals surface area contributed by atoms with Gasteiger partial charge in [0.1, 0.15) is 0 Å². The smallest absolute Gasteiger partial charge is 0.308 e. The lowest BCUT2D eigenvalue weighted by Gasteiger charge is -1.95. The third-order valence-electron chi connectivity index (χ3n) is 0.911. The van der Waals surface area contributed by atoms with Gasteiger partial charge in [0.25, 0.3) is 0 Å². The van der Waals surface area contributed by atoms with Crippen molar-refractivity contribution in [2.45, 2.75) is 19.8 Å². The fourth-order valence-electron chi connectivity index (χ4n) is 0.420. The van der Waals surface area contributed by atoms with E-state index in [1.165, 1.54) is 0 Å². The molecule has 0 amide bonds. The monoisotopic (exact) mass is 182 g/mol. The molecule has 0 rings (SSSR count). The van der Waals surface area contributed by atoms with Crippen molar-refractivity contribution in [1.82, 2.24) is 0 Å². The van der Waals surface area contributed by atoms with Crippen molar-refractivity contribution < 1.29 is 9.90 Å². The van der Waals surface area contributed by atoms with Crippen molar-refractivity contribution >= 4 is 29.2 Å². The first kappa shape index (κ1) is 9.79. The zero-order valence-corrected chi connectivity index (χ0v) is 7.04. The van der Waals surface area contributed by atoms with Crippen LogP contribution in [0.15, 0.2) is 10.1 Å². The van der Waals surface area contributed by atoms with Gasteiger partial charge in [-0.2, -0.15) is 0 Å². The van der Waals surface area contributed by atoms with Crippen LogP contribution in [0.5, 0.6) is 0 Å². The van der Waals surface area contributed by atoms with E-state index in [9.17, 15) is 4.79 Å². The maximum Gasteiger partial charge on any atom is 0.308 e. The summed E-state index contributed by atoms with van der Waals surface area (Å²) in [6, 6.07) is 0. The second kappa shape index (κ2) is 4.58. The molecule has 58 valence electrons. The number of halogens is 2. The summed E-state index contributed by atoms with van der Waals surface area (Å²) in [5.41, 5.74) is 0. The van der Waals surface area contributed by atoms with E-state index in [-0.39, 0.29) is 11.5 Å². The Morgan fingerprint density at radius 2 is 1.90 bits per heavy atom. The minimum absolute atomic E-state index is 0.186. The van der Waals surface area contributed by atoms with E-state index in [1.54, 1.807) is 0 Å². The average molecular weight is 183 g/mol. The molecule has 10 heavy (non-hydrogen) atoms. The Bertz CT molecular complexity index is 163. The lowest BCUT2D eigenvalue weighted by atomic mass is 10.3. The molecule has 0 unspecified atom stereocenters. The molecular formula is C6H8Cl2O2. The maximum absolute atomic E-state index is 10.1. The summed E-state index contributed by atoms with van der Waals surface area (Å²) in [5, 5.41) is 8.89. The molecule has 0 spiro atoms. The van der Waals surface area contributed by atoms with Crippen LogP contribution in [0.4, 0.5) is 0 Å². The summed E-state index contributed by atoms with van der Waals surface area (Å²) in [4.78, 5) is 10.1. The Hall–Kier alpha value is -0.210. The van der Waals surface area contributed by atoms with E-state index < -0.39 is 5.97 Å². The van der Waals surface area contributed by atoms with Gasteiger partial charge in [0.15, 0.2) is 0 Å². The summed E-state index contributed by atoms with van der Waals surface area (Å²) < 4.78 is 0. The number of carboxylic acids is 1. The Labute approximate surface area is 69.4 Å². The standard InChI is InChI=1S/C6H8Cl2O2/c1-2-4(7)5(8)3-6(9)10/h2-3H2,1H3,(H,9,10). The van der Waals surface area contributed by atoms with Gasteiger partial charge in [0.2, 0.25) is 0 Å². The van der Waals surface area contributed by atoms with Crippen molar-refractivity contribution in [3.05, 3.63) is 10.1 Å². The molecule has 0 saturated carbocycles. The lowest BCUT2D eigenvalue weighted by Crippen LogP contribution is -1.94. The van der Waals surface area contributed by atoms with E-state index in [0.29, 0.717) is 11.5 Å². The van der Waals surface area contributed by atoms with E-state index in [4.69, 9.17) is 28.3 Å². The van der Waals surface area contributed by atoms with Gasteiger partial charge >= 0.3 is 5.97 Å². The number of aliphatic carboxylic acids is 1. The highest BCUT2D eigenvalue weighted by molar-refractivity contribution is 6.39. The third kappa shape index (κ3) is 3.75. The van der Waals surface area contributed by atoms with E-state index in [0.717, 1.165) is 0 Å².